The normalized spacial score (nSPS) is 15.4. The van der Waals surface area contributed by atoms with E-state index < -0.39 is 33.2 Å². The summed E-state index contributed by atoms with van der Waals surface area (Å²) >= 11 is 0. The molecule has 0 radical (unpaired) electrons. The summed E-state index contributed by atoms with van der Waals surface area (Å²) < 4.78 is 33.4. The molecule has 0 bridgehead atoms. The minimum absolute atomic E-state index is 0.0546. The number of aryl methyl sites for hydroxylation is 1. The van der Waals surface area contributed by atoms with E-state index in [9.17, 15) is 18.0 Å². The molecule has 8 nitrogen and oxygen atoms in total. The van der Waals surface area contributed by atoms with Crippen LogP contribution in [0, 0.1) is 0 Å². The van der Waals surface area contributed by atoms with Crippen LogP contribution < -0.4 is 5.73 Å². The maximum atomic E-state index is 14.0. The van der Waals surface area contributed by atoms with Crippen molar-refractivity contribution in [1.29, 1.82) is 0 Å². The third-order valence-electron chi connectivity index (χ3n) is 6.78. The molecule has 0 aliphatic carbocycles. The molecule has 1 aliphatic heterocycles. The average Bonchev–Trinajstić information content (AvgIpc) is 2.96. The van der Waals surface area contributed by atoms with Gasteiger partial charge in [0.15, 0.2) is 9.84 Å². The number of nitrogens with zero attached hydrogens (tertiary/aromatic N) is 2. The lowest BCUT2D eigenvalue weighted by atomic mass is 10.0. The van der Waals surface area contributed by atoms with Crippen molar-refractivity contribution in [3.8, 4) is 0 Å². The van der Waals surface area contributed by atoms with E-state index in [1.54, 1.807) is 24.3 Å². The Morgan fingerprint density at radius 1 is 0.821 bits per heavy atom. The monoisotopic (exact) mass is 549 g/mol. The third kappa shape index (κ3) is 7.75. The second-order valence-electron chi connectivity index (χ2n) is 9.66. The number of carbonyl (C=O) groups is 2. The lowest BCUT2D eigenvalue weighted by Gasteiger charge is -2.37. The largest absolute Gasteiger partial charge is 0.378 e. The Morgan fingerprint density at radius 3 is 1.90 bits per heavy atom. The Hall–Kier alpha value is -3.53. The SMILES string of the molecule is N[C@@H](Cc1ccccc1)C(=O)N(C(=O)N1CCOCC1)C(CCc1ccccc1)S(=O)(=O)Cc1ccccc1. The molecule has 3 aromatic carbocycles. The van der Waals surface area contributed by atoms with E-state index >= 15 is 0 Å². The zero-order valence-corrected chi connectivity index (χ0v) is 22.7. The predicted octanol–water partition coefficient (Wildman–Crippen LogP) is 3.41. The van der Waals surface area contributed by atoms with E-state index in [-0.39, 0.29) is 31.7 Å². The smallest absolute Gasteiger partial charge is 0.328 e. The van der Waals surface area contributed by atoms with E-state index in [0.717, 1.165) is 16.0 Å². The number of imide groups is 1. The van der Waals surface area contributed by atoms with Crippen LogP contribution in [0.1, 0.15) is 23.1 Å². The summed E-state index contributed by atoms with van der Waals surface area (Å²) in [6.45, 7) is 1.16. The maximum Gasteiger partial charge on any atom is 0.328 e. The topological polar surface area (TPSA) is 110 Å². The number of benzene rings is 3. The number of hydrogen-bond donors (Lipinski definition) is 1. The lowest BCUT2D eigenvalue weighted by molar-refractivity contribution is -0.131. The number of hydrogen-bond acceptors (Lipinski definition) is 6. The molecule has 39 heavy (non-hydrogen) atoms. The van der Waals surface area contributed by atoms with Crippen LogP contribution in [-0.2, 0) is 38.0 Å². The fourth-order valence-electron chi connectivity index (χ4n) is 4.71. The molecule has 2 atom stereocenters. The molecule has 1 aliphatic rings. The van der Waals surface area contributed by atoms with Crippen molar-refractivity contribution >= 4 is 21.8 Å². The van der Waals surface area contributed by atoms with Crippen LogP contribution in [0.2, 0.25) is 0 Å². The van der Waals surface area contributed by atoms with Crippen LogP contribution >= 0.6 is 0 Å². The molecule has 0 spiro atoms. The highest BCUT2D eigenvalue weighted by Gasteiger charge is 2.42. The van der Waals surface area contributed by atoms with Gasteiger partial charge in [0.05, 0.1) is 25.0 Å². The number of nitrogens with two attached hydrogens (primary N) is 1. The quantitative estimate of drug-likeness (QED) is 0.415. The van der Waals surface area contributed by atoms with Gasteiger partial charge < -0.3 is 15.4 Å². The van der Waals surface area contributed by atoms with Gasteiger partial charge in [-0.15, -0.1) is 0 Å². The van der Waals surface area contributed by atoms with Gasteiger partial charge in [0.25, 0.3) is 0 Å². The lowest BCUT2D eigenvalue weighted by Crippen LogP contribution is -2.59. The van der Waals surface area contributed by atoms with Crippen molar-refractivity contribution in [2.45, 2.75) is 36.4 Å². The first-order valence-electron chi connectivity index (χ1n) is 13.1. The molecular formula is C30H35N3O5S. The molecule has 1 heterocycles. The fraction of sp³-hybridized carbons (Fsp3) is 0.333. The van der Waals surface area contributed by atoms with Gasteiger partial charge in [0.1, 0.15) is 5.37 Å². The van der Waals surface area contributed by atoms with E-state index in [2.05, 4.69) is 0 Å². The van der Waals surface area contributed by atoms with Crippen molar-refractivity contribution in [2.24, 2.45) is 5.73 Å². The number of rotatable bonds is 10. The number of ether oxygens (including phenoxy) is 1. The Bertz CT molecular complexity index is 1310. The van der Waals surface area contributed by atoms with Crippen molar-refractivity contribution < 1.29 is 22.7 Å². The number of amides is 3. The highest BCUT2D eigenvalue weighted by Crippen LogP contribution is 2.23. The van der Waals surface area contributed by atoms with Gasteiger partial charge >= 0.3 is 6.03 Å². The Kier molecular flexibility index (Phi) is 9.86. The molecule has 2 N–H and O–H groups in total. The van der Waals surface area contributed by atoms with Gasteiger partial charge in [-0.05, 0) is 36.0 Å². The number of urea groups is 1. The van der Waals surface area contributed by atoms with Crippen LogP contribution in [0.25, 0.3) is 0 Å². The summed E-state index contributed by atoms with van der Waals surface area (Å²) in [6.07, 6.45) is 0.601. The van der Waals surface area contributed by atoms with Gasteiger partial charge in [0, 0.05) is 13.1 Å². The van der Waals surface area contributed by atoms with Gasteiger partial charge in [-0.25, -0.2) is 18.1 Å². The van der Waals surface area contributed by atoms with E-state index in [4.69, 9.17) is 10.5 Å². The maximum absolute atomic E-state index is 14.0. The van der Waals surface area contributed by atoms with Crippen LogP contribution in [0.5, 0.6) is 0 Å². The molecule has 1 saturated heterocycles. The first-order valence-corrected chi connectivity index (χ1v) is 14.9. The van der Waals surface area contributed by atoms with E-state index in [1.807, 2.05) is 66.7 Å². The van der Waals surface area contributed by atoms with Crippen molar-refractivity contribution in [3.05, 3.63) is 108 Å². The highest BCUT2D eigenvalue weighted by atomic mass is 32.2. The molecular weight excluding hydrogens is 514 g/mol. The van der Waals surface area contributed by atoms with Gasteiger partial charge in [-0.3, -0.25) is 4.79 Å². The molecule has 4 rings (SSSR count). The predicted molar refractivity (Wildman–Crippen MR) is 150 cm³/mol. The highest BCUT2D eigenvalue weighted by molar-refractivity contribution is 7.91. The first kappa shape index (κ1) is 28.5. The van der Waals surface area contributed by atoms with Crippen molar-refractivity contribution in [3.63, 3.8) is 0 Å². The molecule has 0 saturated carbocycles. The zero-order chi connectivity index (χ0) is 27.7. The average molecular weight is 550 g/mol. The summed E-state index contributed by atoms with van der Waals surface area (Å²) in [6, 6.07) is 25.7. The van der Waals surface area contributed by atoms with Gasteiger partial charge in [0.2, 0.25) is 5.91 Å². The molecule has 9 heteroatoms. The summed E-state index contributed by atoms with van der Waals surface area (Å²) in [7, 11) is -4.01. The van der Waals surface area contributed by atoms with Crippen LogP contribution in [0.15, 0.2) is 91.0 Å². The molecule has 1 fully saturated rings. The first-order chi connectivity index (χ1) is 18.8. The summed E-state index contributed by atoms with van der Waals surface area (Å²) in [5.41, 5.74) is 8.70. The van der Waals surface area contributed by atoms with Gasteiger partial charge in [-0.1, -0.05) is 91.0 Å². The summed E-state index contributed by atoms with van der Waals surface area (Å²) in [4.78, 5) is 30.2. The zero-order valence-electron chi connectivity index (χ0n) is 21.9. The molecule has 3 amide bonds. The number of carbonyl (C=O) groups excluding carboxylic acids is 2. The van der Waals surface area contributed by atoms with Crippen LogP contribution in [-0.4, -0.2) is 67.9 Å². The molecule has 206 valence electrons. The second-order valence-corrected chi connectivity index (χ2v) is 11.8. The van der Waals surface area contributed by atoms with Crippen molar-refractivity contribution in [2.75, 3.05) is 26.3 Å². The van der Waals surface area contributed by atoms with Gasteiger partial charge in [-0.2, -0.15) is 0 Å². The standard InChI is InChI=1S/C30H35N3O5S/c31-27(22-25-12-6-2-7-13-25)29(34)33(30(35)32-18-20-38-21-19-32)28(17-16-24-10-4-1-5-11-24)39(36,37)23-26-14-8-3-9-15-26/h1-15,27-28H,16-23,31H2/t27-,28?/m0/s1. The Labute approximate surface area is 230 Å². The van der Waals surface area contributed by atoms with E-state index in [0.29, 0.717) is 25.2 Å². The fourth-order valence-corrected chi connectivity index (χ4v) is 6.55. The number of morpholine rings is 1. The summed E-state index contributed by atoms with van der Waals surface area (Å²) in [5, 5.41) is -1.39. The van der Waals surface area contributed by atoms with E-state index in [1.165, 1.54) is 4.90 Å². The Morgan fingerprint density at radius 2 is 1.33 bits per heavy atom. The molecule has 3 aromatic rings. The van der Waals surface area contributed by atoms with Crippen LogP contribution in [0.3, 0.4) is 0 Å². The van der Waals surface area contributed by atoms with Crippen molar-refractivity contribution in [1.82, 2.24) is 9.80 Å². The molecule has 0 aromatic heterocycles. The Balaban J connectivity index is 1.70. The second kappa shape index (κ2) is 13.5. The van der Waals surface area contributed by atoms with Crippen LogP contribution in [0.4, 0.5) is 4.79 Å². The minimum Gasteiger partial charge on any atom is -0.378 e. The summed E-state index contributed by atoms with van der Waals surface area (Å²) in [5.74, 6) is -1.01. The molecule has 1 unspecified atom stereocenters. The minimum atomic E-state index is -4.01. The third-order valence-corrected chi connectivity index (χ3v) is 8.79. The number of sulfone groups is 1.